The maximum absolute atomic E-state index is 14.0. The Labute approximate surface area is 126 Å². The zero-order valence-corrected chi connectivity index (χ0v) is 12.5. The van der Waals surface area contributed by atoms with Crippen LogP contribution in [0.25, 0.3) is 0 Å². The molecule has 0 spiro atoms. The van der Waals surface area contributed by atoms with E-state index in [0.29, 0.717) is 26.7 Å². The average Bonchev–Trinajstić information content (AvgIpc) is 2.40. The van der Waals surface area contributed by atoms with E-state index in [1.807, 2.05) is 0 Å². The van der Waals surface area contributed by atoms with Crippen LogP contribution < -0.4 is 5.32 Å². The van der Waals surface area contributed by atoms with E-state index < -0.39 is 17.7 Å². The number of rotatable bonds is 3. The monoisotopic (exact) mass is 315 g/mol. The van der Waals surface area contributed by atoms with E-state index in [-0.39, 0.29) is 0 Å². The topological polar surface area (TPSA) is 12.0 Å². The molecule has 0 fully saturated rings. The number of benzene rings is 2. The molecule has 0 aromatic heterocycles. The van der Waals surface area contributed by atoms with Crippen LogP contribution in [0.2, 0.25) is 10.0 Å². The SMILES string of the molecule is CNC(c1cc(C)c(F)cc1F)c1cc(Cl)ccc1Cl. The predicted octanol–water partition coefficient (Wildman–Crippen LogP) is 4.89. The van der Waals surface area contributed by atoms with Crippen molar-refractivity contribution in [3.05, 3.63) is 68.7 Å². The molecule has 20 heavy (non-hydrogen) atoms. The molecular formula is C15H13Cl2F2N. The summed E-state index contributed by atoms with van der Waals surface area (Å²) in [6.45, 7) is 1.59. The molecule has 0 saturated carbocycles. The van der Waals surface area contributed by atoms with Gasteiger partial charge in [-0.3, -0.25) is 0 Å². The van der Waals surface area contributed by atoms with Crippen LogP contribution in [0.3, 0.4) is 0 Å². The predicted molar refractivity (Wildman–Crippen MR) is 78.5 cm³/mol. The number of hydrogen-bond donors (Lipinski definition) is 1. The molecule has 0 amide bonds. The summed E-state index contributed by atoms with van der Waals surface area (Å²) in [5.74, 6) is -1.19. The van der Waals surface area contributed by atoms with Gasteiger partial charge < -0.3 is 5.32 Å². The maximum atomic E-state index is 14.0. The second-order valence-corrected chi connectivity index (χ2v) is 5.35. The van der Waals surface area contributed by atoms with Gasteiger partial charge in [0.2, 0.25) is 0 Å². The standard InChI is InChI=1S/C15H13Cl2F2N/c1-8-5-11(14(19)7-13(8)18)15(20-2)10-6-9(16)3-4-12(10)17/h3-7,15,20H,1-2H3. The summed E-state index contributed by atoms with van der Waals surface area (Å²) >= 11 is 12.1. The lowest BCUT2D eigenvalue weighted by Crippen LogP contribution is -2.20. The van der Waals surface area contributed by atoms with Crippen molar-refractivity contribution < 1.29 is 8.78 Å². The minimum absolute atomic E-state index is 0.329. The molecular weight excluding hydrogens is 303 g/mol. The number of aryl methyl sites for hydroxylation is 1. The molecule has 5 heteroatoms. The largest absolute Gasteiger partial charge is 0.309 e. The highest BCUT2D eigenvalue weighted by atomic mass is 35.5. The van der Waals surface area contributed by atoms with Gasteiger partial charge in [-0.1, -0.05) is 23.2 Å². The lowest BCUT2D eigenvalue weighted by atomic mass is 9.96. The fraction of sp³-hybridized carbons (Fsp3) is 0.200. The Balaban J connectivity index is 2.58. The molecule has 2 aromatic rings. The average molecular weight is 316 g/mol. The quantitative estimate of drug-likeness (QED) is 0.850. The highest BCUT2D eigenvalue weighted by Gasteiger charge is 2.20. The smallest absolute Gasteiger partial charge is 0.131 e. The van der Waals surface area contributed by atoms with Gasteiger partial charge >= 0.3 is 0 Å². The van der Waals surface area contributed by atoms with E-state index in [2.05, 4.69) is 5.32 Å². The first-order valence-electron chi connectivity index (χ1n) is 6.01. The van der Waals surface area contributed by atoms with Gasteiger partial charge in [0.15, 0.2) is 0 Å². The molecule has 0 bridgehead atoms. The summed E-state index contributed by atoms with van der Waals surface area (Å²) in [6.07, 6.45) is 0. The first-order chi connectivity index (χ1) is 9.43. The maximum Gasteiger partial charge on any atom is 0.131 e. The van der Waals surface area contributed by atoms with Crippen molar-refractivity contribution in [2.24, 2.45) is 0 Å². The number of nitrogens with one attached hydrogen (secondary N) is 1. The Morgan fingerprint density at radius 3 is 2.35 bits per heavy atom. The second-order valence-electron chi connectivity index (χ2n) is 4.51. The summed E-state index contributed by atoms with van der Waals surface area (Å²) < 4.78 is 27.4. The lowest BCUT2D eigenvalue weighted by Gasteiger charge is -2.20. The van der Waals surface area contributed by atoms with Crippen molar-refractivity contribution >= 4 is 23.2 Å². The third-order valence-corrected chi connectivity index (χ3v) is 3.73. The number of hydrogen-bond acceptors (Lipinski definition) is 1. The van der Waals surface area contributed by atoms with Gasteiger partial charge in [0.05, 0.1) is 6.04 Å². The third kappa shape index (κ3) is 2.95. The minimum Gasteiger partial charge on any atom is -0.309 e. The normalized spacial score (nSPS) is 12.5. The molecule has 1 unspecified atom stereocenters. The third-order valence-electron chi connectivity index (χ3n) is 3.15. The summed E-state index contributed by atoms with van der Waals surface area (Å²) in [5.41, 5.74) is 1.35. The van der Waals surface area contributed by atoms with Crippen molar-refractivity contribution in [2.75, 3.05) is 7.05 Å². The first-order valence-corrected chi connectivity index (χ1v) is 6.77. The van der Waals surface area contributed by atoms with Crippen LogP contribution >= 0.6 is 23.2 Å². The van der Waals surface area contributed by atoms with E-state index in [0.717, 1.165) is 6.07 Å². The molecule has 0 radical (unpaired) electrons. The van der Waals surface area contributed by atoms with Crippen LogP contribution in [0.1, 0.15) is 22.7 Å². The summed E-state index contributed by atoms with van der Waals surface area (Å²) in [6, 6.07) is 6.84. The number of halogens is 4. The Morgan fingerprint density at radius 1 is 1.00 bits per heavy atom. The highest BCUT2D eigenvalue weighted by molar-refractivity contribution is 6.33. The summed E-state index contributed by atoms with van der Waals surface area (Å²) in [7, 11) is 1.68. The Kier molecular flexibility index (Phi) is 4.63. The Morgan fingerprint density at radius 2 is 1.70 bits per heavy atom. The van der Waals surface area contributed by atoms with Gasteiger partial charge in [-0.2, -0.15) is 0 Å². The van der Waals surface area contributed by atoms with Gasteiger partial charge in [0.1, 0.15) is 11.6 Å². The molecule has 0 aliphatic heterocycles. The van der Waals surface area contributed by atoms with Crippen LogP contribution in [0.4, 0.5) is 8.78 Å². The van der Waals surface area contributed by atoms with Gasteiger partial charge in [-0.05, 0) is 49.4 Å². The summed E-state index contributed by atoms with van der Waals surface area (Å²) in [4.78, 5) is 0. The molecule has 1 N–H and O–H groups in total. The van der Waals surface area contributed by atoms with E-state index >= 15 is 0 Å². The van der Waals surface area contributed by atoms with Crippen molar-refractivity contribution in [1.29, 1.82) is 0 Å². The molecule has 106 valence electrons. The molecule has 0 heterocycles. The van der Waals surface area contributed by atoms with Crippen molar-refractivity contribution in [3.8, 4) is 0 Å². The van der Waals surface area contributed by atoms with Gasteiger partial charge in [-0.15, -0.1) is 0 Å². The Hall–Kier alpha value is -1.16. The minimum atomic E-state index is -0.622. The lowest BCUT2D eigenvalue weighted by molar-refractivity contribution is 0.547. The molecule has 0 saturated heterocycles. The first kappa shape index (κ1) is 15.2. The van der Waals surface area contributed by atoms with E-state index in [1.165, 1.54) is 6.07 Å². The van der Waals surface area contributed by atoms with E-state index in [9.17, 15) is 8.78 Å². The molecule has 2 aromatic carbocycles. The van der Waals surface area contributed by atoms with Crippen LogP contribution in [-0.2, 0) is 0 Å². The Bertz CT molecular complexity index is 644. The summed E-state index contributed by atoms with van der Waals surface area (Å²) in [5, 5.41) is 3.96. The second kappa shape index (κ2) is 6.08. The van der Waals surface area contributed by atoms with Crippen LogP contribution in [0.15, 0.2) is 30.3 Å². The van der Waals surface area contributed by atoms with Crippen molar-refractivity contribution in [3.63, 3.8) is 0 Å². The zero-order chi connectivity index (χ0) is 14.9. The van der Waals surface area contributed by atoms with E-state index in [1.54, 1.807) is 32.2 Å². The molecule has 0 aliphatic rings. The van der Waals surface area contributed by atoms with Crippen molar-refractivity contribution in [1.82, 2.24) is 5.32 Å². The van der Waals surface area contributed by atoms with Gasteiger partial charge in [0.25, 0.3) is 0 Å². The molecule has 1 atom stereocenters. The van der Waals surface area contributed by atoms with Crippen LogP contribution in [0.5, 0.6) is 0 Å². The zero-order valence-electron chi connectivity index (χ0n) is 11.0. The molecule has 0 aliphatic carbocycles. The fourth-order valence-corrected chi connectivity index (χ4v) is 2.52. The fourth-order valence-electron chi connectivity index (χ4n) is 2.12. The van der Waals surface area contributed by atoms with Crippen LogP contribution in [-0.4, -0.2) is 7.05 Å². The van der Waals surface area contributed by atoms with E-state index in [4.69, 9.17) is 23.2 Å². The van der Waals surface area contributed by atoms with Crippen LogP contribution in [0, 0.1) is 18.6 Å². The highest BCUT2D eigenvalue weighted by Crippen LogP contribution is 2.32. The van der Waals surface area contributed by atoms with Gasteiger partial charge in [-0.25, -0.2) is 8.78 Å². The molecule has 2 rings (SSSR count). The van der Waals surface area contributed by atoms with Crippen molar-refractivity contribution in [2.45, 2.75) is 13.0 Å². The van der Waals surface area contributed by atoms with Gasteiger partial charge in [0, 0.05) is 21.7 Å². The molecule has 1 nitrogen and oxygen atoms in total.